The molecule has 0 radical (unpaired) electrons. The summed E-state index contributed by atoms with van der Waals surface area (Å²) in [6, 6.07) is 13.5. The molecule has 2 aromatic carbocycles. The molecule has 0 aromatic heterocycles. The number of nitro benzene ring substituents is 1. The van der Waals surface area contributed by atoms with E-state index in [1.54, 1.807) is 0 Å². The fourth-order valence-electron chi connectivity index (χ4n) is 3.51. The number of rotatable bonds is 8. The maximum atomic E-state index is 12.4. The molecule has 10 heteroatoms. The number of hydrogen-bond donors (Lipinski definition) is 1. The van der Waals surface area contributed by atoms with E-state index >= 15 is 0 Å². The van der Waals surface area contributed by atoms with E-state index < -0.39 is 26.4 Å². The largest absolute Gasteiger partial charge is 0.369 e. The summed E-state index contributed by atoms with van der Waals surface area (Å²) in [5.41, 5.74) is 0.760. The summed E-state index contributed by atoms with van der Waals surface area (Å²) in [5.74, 6) is -0.525. The highest BCUT2D eigenvalue weighted by atomic mass is 32.2. The Bertz CT molecular complexity index is 1030. The van der Waals surface area contributed by atoms with Gasteiger partial charge in [0.2, 0.25) is 0 Å². The van der Waals surface area contributed by atoms with Crippen LogP contribution in [0.2, 0.25) is 0 Å². The molecule has 1 saturated heterocycles. The zero-order chi connectivity index (χ0) is 22.4. The summed E-state index contributed by atoms with van der Waals surface area (Å²) < 4.78 is 23.5. The van der Waals surface area contributed by atoms with Crippen molar-refractivity contribution in [1.82, 2.24) is 10.2 Å². The van der Waals surface area contributed by atoms with Crippen LogP contribution in [0.5, 0.6) is 0 Å². The number of nitrogens with one attached hydrogen (secondary N) is 1. The Labute approximate surface area is 181 Å². The first-order valence-corrected chi connectivity index (χ1v) is 11.9. The van der Waals surface area contributed by atoms with Gasteiger partial charge in [-0.2, -0.15) is 0 Å². The van der Waals surface area contributed by atoms with Gasteiger partial charge in [-0.1, -0.05) is 18.2 Å². The second-order valence-electron chi connectivity index (χ2n) is 7.52. The van der Waals surface area contributed by atoms with Gasteiger partial charge in [-0.25, -0.2) is 8.42 Å². The van der Waals surface area contributed by atoms with Crippen molar-refractivity contribution in [2.45, 2.75) is 11.3 Å². The fourth-order valence-corrected chi connectivity index (χ4v) is 4.18. The zero-order valence-electron chi connectivity index (χ0n) is 17.4. The lowest BCUT2D eigenvalue weighted by Gasteiger charge is -2.36. The molecule has 0 saturated carbocycles. The molecule has 9 nitrogen and oxygen atoms in total. The van der Waals surface area contributed by atoms with Crippen molar-refractivity contribution in [1.29, 1.82) is 0 Å². The highest BCUT2D eigenvalue weighted by molar-refractivity contribution is 7.90. The van der Waals surface area contributed by atoms with Crippen LogP contribution in [-0.2, 0) is 9.84 Å². The third-order valence-corrected chi connectivity index (χ3v) is 6.31. The Hall–Kier alpha value is -2.98. The second-order valence-corrected chi connectivity index (χ2v) is 9.53. The van der Waals surface area contributed by atoms with Crippen LogP contribution in [0.3, 0.4) is 0 Å². The summed E-state index contributed by atoms with van der Waals surface area (Å²) in [5, 5.41) is 13.8. The summed E-state index contributed by atoms with van der Waals surface area (Å²) in [4.78, 5) is 27.2. The van der Waals surface area contributed by atoms with Crippen LogP contribution >= 0.6 is 0 Å². The van der Waals surface area contributed by atoms with Crippen molar-refractivity contribution in [3.63, 3.8) is 0 Å². The average Bonchev–Trinajstić information content (AvgIpc) is 2.76. The minimum atomic E-state index is -3.67. The van der Waals surface area contributed by atoms with Crippen molar-refractivity contribution in [3.8, 4) is 0 Å². The number of benzene rings is 2. The lowest BCUT2D eigenvalue weighted by Crippen LogP contribution is -2.47. The van der Waals surface area contributed by atoms with Gasteiger partial charge in [0.25, 0.3) is 11.6 Å². The lowest BCUT2D eigenvalue weighted by molar-refractivity contribution is -0.385. The SMILES string of the molecule is CS(=O)(=O)c1cc(C(=O)NCCCN2CCN(c3ccccc3)CC2)cc([N+](=O)[O-])c1. The summed E-state index contributed by atoms with van der Waals surface area (Å²) in [7, 11) is -3.67. The van der Waals surface area contributed by atoms with Gasteiger partial charge in [0.1, 0.15) is 0 Å². The number of carbonyl (C=O) groups excluding carboxylic acids is 1. The molecule has 166 valence electrons. The third kappa shape index (κ3) is 6.25. The van der Waals surface area contributed by atoms with E-state index in [0.717, 1.165) is 57.5 Å². The number of nitrogens with zero attached hydrogens (tertiary/aromatic N) is 3. The molecule has 0 atom stereocenters. The van der Waals surface area contributed by atoms with E-state index in [0.29, 0.717) is 6.54 Å². The molecule has 0 unspecified atom stereocenters. The molecule has 1 heterocycles. The van der Waals surface area contributed by atoms with E-state index in [-0.39, 0.29) is 10.5 Å². The van der Waals surface area contributed by atoms with Crippen LogP contribution in [0.15, 0.2) is 53.4 Å². The first kappa shape index (κ1) is 22.7. The number of hydrogen-bond acceptors (Lipinski definition) is 7. The molecule has 1 aliphatic heterocycles. The molecule has 3 rings (SSSR count). The summed E-state index contributed by atoms with van der Waals surface area (Å²) in [6.45, 7) is 4.98. The molecule has 0 spiro atoms. The van der Waals surface area contributed by atoms with Crippen molar-refractivity contribution >= 4 is 27.1 Å². The number of para-hydroxylation sites is 1. The lowest BCUT2D eigenvalue weighted by atomic mass is 10.2. The maximum Gasteiger partial charge on any atom is 0.271 e. The van der Waals surface area contributed by atoms with Gasteiger partial charge >= 0.3 is 0 Å². The Morgan fingerprint density at radius 3 is 2.39 bits per heavy atom. The maximum absolute atomic E-state index is 12.4. The van der Waals surface area contributed by atoms with Gasteiger partial charge in [-0.3, -0.25) is 19.8 Å². The molecule has 1 fully saturated rings. The zero-order valence-corrected chi connectivity index (χ0v) is 18.2. The van der Waals surface area contributed by atoms with Gasteiger partial charge in [0.15, 0.2) is 9.84 Å². The summed E-state index contributed by atoms with van der Waals surface area (Å²) >= 11 is 0. The first-order valence-electron chi connectivity index (χ1n) is 10.0. The molecular weight excluding hydrogens is 420 g/mol. The monoisotopic (exact) mass is 446 g/mol. The van der Waals surface area contributed by atoms with Crippen molar-refractivity contribution < 1.29 is 18.1 Å². The molecular formula is C21H26N4O5S. The van der Waals surface area contributed by atoms with Gasteiger partial charge in [0.05, 0.1) is 9.82 Å². The number of non-ortho nitro benzene ring substituents is 1. The minimum absolute atomic E-state index is 0.0360. The van der Waals surface area contributed by atoms with E-state index in [9.17, 15) is 23.3 Å². The highest BCUT2D eigenvalue weighted by Crippen LogP contribution is 2.21. The fraction of sp³-hybridized carbons (Fsp3) is 0.381. The van der Waals surface area contributed by atoms with Gasteiger partial charge in [0, 0.05) is 62.4 Å². The Balaban J connectivity index is 1.48. The molecule has 1 N–H and O–H groups in total. The van der Waals surface area contributed by atoms with Crippen LogP contribution in [0, 0.1) is 10.1 Å². The predicted molar refractivity (Wildman–Crippen MR) is 118 cm³/mol. The standard InChI is InChI=1S/C21H26N4O5S/c1-31(29,30)20-15-17(14-19(16-20)25(27)28)21(26)22-8-5-9-23-10-12-24(13-11-23)18-6-3-2-4-7-18/h2-4,6-7,14-16H,5,8-13H2,1H3,(H,22,26). The molecule has 0 aliphatic carbocycles. The van der Waals surface area contributed by atoms with E-state index in [1.807, 2.05) is 18.2 Å². The van der Waals surface area contributed by atoms with E-state index in [2.05, 4.69) is 27.2 Å². The quantitative estimate of drug-likeness (QED) is 0.375. The number of amides is 1. The van der Waals surface area contributed by atoms with E-state index in [4.69, 9.17) is 0 Å². The van der Waals surface area contributed by atoms with Crippen molar-refractivity contribution in [3.05, 3.63) is 64.2 Å². The number of nitro groups is 1. The van der Waals surface area contributed by atoms with Gasteiger partial charge < -0.3 is 10.2 Å². The van der Waals surface area contributed by atoms with Crippen molar-refractivity contribution in [2.24, 2.45) is 0 Å². The molecule has 1 amide bonds. The number of sulfone groups is 1. The van der Waals surface area contributed by atoms with Crippen LogP contribution < -0.4 is 10.2 Å². The highest BCUT2D eigenvalue weighted by Gasteiger charge is 2.20. The first-order chi connectivity index (χ1) is 14.7. The van der Waals surface area contributed by atoms with Gasteiger partial charge in [-0.05, 0) is 31.2 Å². The van der Waals surface area contributed by atoms with E-state index in [1.165, 1.54) is 11.8 Å². The van der Waals surface area contributed by atoms with Crippen LogP contribution in [0.25, 0.3) is 0 Å². The molecule has 0 bridgehead atoms. The minimum Gasteiger partial charge on any atom is -0.369 e. The van der Waals surface area contributed by atoms with Crippen LogP contribution in [-0.4, -0.2) is 69.7 Å². The summed E-state index contributed by atoms with van der Waals surface area (Å²) in [6.07, 6.45) is 1.68. The predicted octanol–water partition coefficient (Wildman–Crippen LogP) is 1.94. The number of piperazine rings is 1. The normalized spacial score (nSPS) is 14.9. The Morgan fingerprint density at radius 2 is 1.77 bits per heavy atom. The average molecular weight is 447 g/mol. The van der Waals surface area contributed by atoms with Gasteiger partial charge in [-0.15, -0.1) is 0 Å². The second kappa shape index (κ2) is 9.88. The smallest absolute Gasteiger partial charge is 0.271 e. The van der Waals surface area contributed by atoms with Crippen LogP contribution in [0.1, 0.15) is 16.8 Å². The molecule has 2 aromatic rings. The Morgan fingerprint density at radius 1 is 1.10 bits per heavy atom. The molecule has 31 heavy (non-hydrogen) atoms. The topological polar surface area (TPSA) is 113 Å². The Kier molecular flexibility index (Phi) is 7.24. The molecule has 1 aliphatic rings. The van der Waals surface area contributed by atoms with Crippen molar-refractivity contribution in [2.75, 3.05) is 50.4 Å². The number of carbonyl (C=O) groups is 1. The third-order valence-electron chi connectivity index (χ3n) is 5.22. The number of anilines is 1. The van der Waals surface area contributed by atoms with Crippen LogP contribution in [0.4, 0.5) is 11.4 Å².